The van der Waals surface area contributed by atoms with E-state index in [1.807, 2.05) is 18.2 Å². The number of hydrogen-bond donors (Lipinski definition) is 1. The predicted octanol–water partition coefficient (Wildman–Crippen LogP) is 3.13. The lowest BCUT2D eigenvalue weighted by atomic mass is 10.2. The van der Waals surface area contributed by atoms with Crippen molar-refractivity contribution in [2.24, 2.45) is 0 Å². The second-order valence-electron chi connectivity index (χ2n) is 4.03. The van der Waals surface area contributed by atoms with Crippen molar-refractivity contribution < 1.29 is 9.52 Å². The maximum absolute atomic E-state index is 9.43. The molecule has 5 nitrogen and oxygen atoms in total. The fraction of sp³-hybridized carbons (Fsp3) is 0.0714. The number of rotatable bonds is 4. The molecule has 0 spiro atoms. The fourth-order valence-electron chi connectivity index (χ4n) is 1.64. The molecule has 1 N–H and O–H groups in total. The van der Waals surface area contributed by atoms with Crippen molar-refractivity contribution >= 4 is 11.8 Å². The molecule has 1 aromatic carbocycles. The van der Waals surface area contributed by atoms with Crippen LogP contribution in [0.1, 0.15) is 5.69 Å². The summed E-state index contributed by atoms with van der Waals surface area (Å²) in [6.45, 7) is 0. The second kappa shape index (κ2) is 5.75. The molecule has 0 aliphatic heterocycles. The van der Waals surface area contributed by atoms with E-state index < -0.39 is 0 Å². The highest BCUT2D eigenvalue weighted by atomic mass is 32.2. The molecule has 0 radical (unpaired) electrons. The highest BCUT2D eigenvalue weighted by Gasteiger charge is 2.09. The molecule has 0 atom stereocenters. The zero-order valence-electron chi connectivity index (χ0n) is 10.4. The van der Waals surface area contributed by atoms with Gasteiger partial charge in [-0.2, -0.15) is 0 Å². The minimum atomic E-state index is 0.170. The Morgan fingerprint density at radius 2 is 2.05 bits per heavy atom. The van der Waals surface area contributed by atoms with Gasteiger partial charge in [-0.05, 0) is 30.3 Å². The van der Waals surface area contributed by atoms with Crippen LogP contribution >= 0.6 is 11.8 Å². The molecular formula is C14H11N3O2S. The molecule has 0 aliphatic rings. The lowest BCUT2D eigenvalue weighted by Gasteiger charge is -1.96. The lowest BCUT2D eigenvalue weighted by molar-refractivity contribution is 0.462. The number of benzene rings is 1. The molecule has 0 aliphatic carbocycles. The standard InChI is InChI=1S/C14H11N3O2S/c18-12-6-3-4-10(8-12)13-16-17-14(19-13)20-9-11-5-1-2-7-15-11/h1-8,18H,9H2. The van der Waals surface area contributed by atoms with Gasteiger partial charge in [0.15, 0.2) is 0 Å². The second-order valence-corrected chi connectivity index (χ2v) is 4.96. The van der Waals surface area contributed by atoms with Gasteiger partial charge in [-0.1, -0.05) is 23.9 Å². The van der Waals surface area contributed by atoms with E-state index in [0.717, 1.165) is 5.69 Å². The Morgan fingerprint density at radius 1 is 1.10 bits per heavy atom. The average Bonchev–Trinajstić information content (AvgIpc) is 2.95. The summed E-state index contributed by atoms with van der Waals surface area (Å²) < 4.78 is 5.55. The number of phenolic OH excluding ortho intramolecular Hbond substituents is 1. The molecule has 0 fully saturated rings. The van der Waals surface area contributed by atoms with Crippen molar-refractivity contribution in [3.63, 3.8) is 0 Å². The van der Waals surface area contributed by atoms with E-state index in [9.17, 15) is 5.11 Å². The van der Waals surface area contributed by atoms with E-state index in [0.29, 0.717) is 22.4 Å². The van der Waals surface area contributed by atoms with Crippen molar-refractivity contribution in [1.82, 2.24) is 15.2 Å². The van der Waals surface area contributed by atoms with Gasteiger partial charge in [-0.25, -0.2) is 0 Å². The van der Waals surface area contributed by atoms with Crippen LogP contribution in [0, 0.1) is 0 Å². The average molecular weight is 285 g/mol. The summed E-state index contributed by atoms with van der Waals surface area (Å²) >= 11 is 1.43. The van der Waals surface area contributed by atoms with Gasteiger partial charge in [0.25, 0.3) is 5.22 Å². The molecule has 0 amide bonds. The maximum atomic E-state index is 9.43. The van der Waals surface area contributed by atoms with Crippen molar-refractivity contribution in [1.29, 1.82) is 0 Å². The van der Waals surface area contributed by atoms with Crippen LogP contribution in [0.15, 0.2) is 58.3 Å². The first-order valence-electron chi connectivity index (χ1n) is 5.97. The van der Waals surface area contributed by atoms with Gasteiger partial charge in [-0.3, -0.25) is 4.98 Å². The van der Waals surface area contributed by atoms with Crippen molar-refractivity contribution in [2.45, 2.75) is 11.0 Å². The fourth-order valence-corrected chi connectivity index (χ4v) is 2.32. The van der Waals surface area contributed by atoms with Crippen LogP contribution < -0.4 is 0 Å². The van der Waals surface area contributed by atoms with E-state index in [2.05, 4.69) is 15.2 Å². The summed E-state index contributed by atoms with van der Waals surface area (Å²) in [5.74, 6) is 1.23. The zero-order chi connectivity index (χ0) is 13.8. The highest BCUT2D eigenvalue weighted by molar-refractivity contribution is 7.98. The van der Waals surface area contributed by atoms with Gasteiger partial charge >= 0.3 is 0 Å². The van der Waals surface area contributed by atoms with Crippen molar-refractivity contribution in [3.8, 4) is 17.2 Å². The van der Waals surface area contributed by atoms with E-state index in [1.165, 1.54) is 11.8 Å². The third-order valence-electron chi connectivity index (χ3n) is 2.57. The minimum Gasteiger partial charge on any atom is -0.508 e. The number of aromatic nitrogens is 3. The zero-order valence-corrected chi connectivity index (χ0v) is 11.2. The Bertz CT molecular complexity index is 700. The van der Waals surface area contributed by atoms with Crippen LogP contribution in [-0.4, -0.2) is 20.3 Å². The quantitative estimate of drug-likeness (QED) is 0.742. The summed E-state index contributed by atoms with van der Waals surface area (Å²) in [5.41, 5.74) is 1.65. The molecule has 0 unspecified atom stereocenters. The van der Waals surface area contributed by atoms with Gasteiger partial charge in [0, 0.05) is 17.5 Å². The Morgan fingerprint density at radius 3 is 2.85 bits per heavy atom. The summed E-state index contributed by atoms with van der Waals surface area (Å²) in [5, 5.41) is 17.9. The van der Waals surface area contributed by atoms with Crippen LogP contribution in [0.3, 0.4) is 0 Å². The molecule has 3 aromatic rings. The van der Waals surface area contributed by atoms with Crippen molar-refractivity contribution in [2.75, 3.05) is 0 Å². The van der Waals surface area contributed by atoms with Gasteiger partial charge in [0.2, 0.25) is 5.89 Å². The molecule has 0 bridgehead atoms. The Balaban J connectivity index is 1.71. The van der Waals surface area contributed by atoms with E-state index in [-0.39, 0.29) is 5.75 Å². The first kappa shape index (κ1) is 12.7. The summed E-state index contributed by atoms with van der Waals surface area (Å²) in [6.07, 6.45) is 1.75. The molecule has 2 aromatic heterocycles. The van der Waals surface area contributed by atoms with Gasteiger partial charge in [0.1, 0.15) is 5.75 Å². The summed E-state index contributed by atoms with van der Waals surface area (Å²) in [4.78, 5) is 4.23. The van der Waals surface area contributed by atoms with Crippen LogP contribution in [0.5, 0.6) is 5.75 Å². The third-order valence-corrected chi connectivity index (χ3v) is 3.42. The van der Waals surface area contributed by atoms with E-state index in [4.69, 9.17) is 4.42 Å². The first-order chi connectivity index (χ1) is 9.81. The maximum Gasteiger partial charge on any atom is 0.277 e. The topological polar surface area (TPSA) is 72.0 Å². The smallest absolute Gasteiger partial charge is 0.277 e. The molecule has 20 heavy (non-hydrogen) atoms. The summed E-state index contributed by atoms with van der Waals surface area (Å²) in [7, 11) is 0. The number of phenols is 1. The van der Waals surface area contributed by atoms with Crippen molar-refractivity contribution in [3.05, 3.63) is 54.4 Å². The Kier molecular flexibility index (Phi) is 3.64. The molecule has 0 saturated heterocycles. The van der Waals surface area contributed by atoms with Crippen LogP contribution in [0.2, 0.25) is 0 Å². The molecular weight excluding hydrogens is 274 g/mol. The normalized spacial score (nSPS) is 10.6. The number of pyridine rings is 1. The van der Waals surface area contributed by atoms with Gasteiger partial charge < -0.3 is 9.52 Å². The SMILES string of the molecule is Oc1cccc(-c2nnc(SCc3ccccn3)o2)c1. The summed E-state index contributed by atoms with van der Waals surface area (Å²) in [6, 6.07) is 12.5. The molecule has 3 rings (SSSR count). The van der Waals surface area contributed by atoms with E-state index >= 15 is 0 Å². The van der Waals surface area contributed by atoms with Gasteiger partial charge in [0.05, 0.1) is 5.69 Å². The largest absolute Gasteiger partial charge is 0.508 e. The number of nitrogens with zero attached hydrogens (tertiary/aromatic N) is 3. The number of thioether (sulfide) groups is 1. The van der Waals surface area contributed by atoms with Gasteiger partial charge in [-0.15, -0.1) is 10.2 Å². The highest BCUT2D eigenvalue weighted by Crippen LogP contribution is 2.26. The minimum absolute atomic E-state index is 0.170. The lowest BCUT2D eigenvalue weighted by Crippen LogP contribution is -1.84. The van der Waals surface area contributed by atoms with Crippen LogP contribution in [0.4, 0.5) is 0 Å². The first-order valence-corrected chi connectivity index (χ1v) is 6.95. The van der Waals surface area contributed by atoms with Crippen LogP contribution in [-0.2, 0) is 5.75 Å². The molecule has 100 valence electrons. The van der Waals surface area contributed by atoms with E-state index in [1.54, 1.807) is 30.5 Å². The molecule has 0 saturated carbocycles. The van der Waals surface area contributed by atoms with Crippen LogP contribution in [0.25, 0.3) is 11.5 Å². The predicted molar refractivity (Wildman–Crippen MR) is 75.2 cm³/mol. The molecule has 6 heteroatoms. The monoisotopic (exact) mass is 285 g/mol. The number of aromatic hydroxyl groups is 1. The third kappa shape index (κ3) is 2.97. The Labute approximate surface area is 119 Å². The molecule has 2 heterocycles. The Hall–Kier alpha value is -2.34. The number of hydrogen-bond acceptors (Lipinski definition) is 6.